The van der Waals surface area contributed by atoms with Crippen LogP contribution >= 0.6 is 0 Å². The topological polar surface area (TPSA) is 51.1 Å². The lowest BCUT2D eigenvalue weighted by atomic mass is 10.1. The van der Waals surface area contributed by atoms with Gasteiger partial charge in [0.05, 0.1) is 5.52 Å². The number of carbonyl (C=O) groups excluding carboxylic acids is 2. The van der Waals surface area contributed by atoms with Gasteiger partial charge in [-0.1, -0.05) is 19.1 Å². The highest BCUT2D eigenvalue weighted by molar-refractivity contribution is 6.00. The minimum Gasteiger partial charge on any atom is -0.337 e. The molecular formula is C13H14N2O2. The van der Waals surface area contributed by atoms with Crippen LogP contribution in [0, 0.1) is 0 Å². The van der Waals surface area contributed by atoms with Gasteiger partial charge in [0.15, 0.2) is 6.29 Å². The summed E-state index contributed by atoms with van der Waals surface area (Å²) >= 11 is 0. The van der Waals surface area contributed by atoms with E-state index in [9.17, 15) is 9.59 Å². The van der Waals surface area contributed by atoms with Crippen LogP contribution in [0.4, 0.5) is 4.79 Å². The maximum atomic E-state index is 11.8. The van der Waals surface area contributed by atoms with Gasteiger partial charge in [-0.15, -0.1) is 0 Å². The predicted molar refractivity (Wildman–Crippen MR) is 66.4 cm³/mol. The Bertz CT molecular complexity index is 558. The van der Waals surface area contributed by atoms with Crippen LogP contribution < -0.4 is 5.32 Å². The molecule has 17 heavy (non-hydrogen) atoms. The first-order valence-electron chi connectivity index (χ1n) is 5.61. The molecule has 0 unspecified atom stereocenters. The van der Waals surface area contributed by atoms with Crippen LogP contribution in [0.2, 0.25) is 0 Å². The van der Waals surface area contributed by atoms with Crippen LogP contribution in [0.3, 0.4) is 0 Å². The standard InChI is InChI=1S/C13H14N2O2/c1-2-7-14-13(17)15-8-6-11-10(9-16)4-3-5-12(11)15/h3-6,8-9H,2,7H2,1H3,(H,14,17). The highest BCUT2D eigenvalue weighted by Gasteiger charge is 2.09. The molecule has 0 aliphatic carbocycles. The molecule has 0 atom stereocenters. The fourth-order valence-corrected chi connectivity index (χ4v) is 1.79. The number of amides is 1. The highest BCUT2D eigenvalue weighted by atomic mass is 16.2. The van der Waals surface area contributed by atoms with Gasteiger partial charge in [0, 0.05) is 23.7 Å². The minimum atomic E-state index is -0.162. The van der Waals surface area contributed by atoms with Gasteiger partial charge in [-0.2, -0.15) is 0 Å². The van der Waals surface area contributed by atoms with E-state index in [-0.39, 0.29) is 6.03 Å². The van der Waals surface area contributed by atoms with Gasteiger partial charge in [0.2, 0.25) is 0 Å². The molecule has 1 N–H and O–H groups in total. The predicted octanol–water partition coefficient (Wildman–Crippen LogP) is 2.42. The summed E-state index contributed by atoms with van der Waals surface area (Å²) < 4.78 is 1.53. The summed E-state index contributed by atoms with van der Waals surface area (Å²) in [5.41, 5.74) is 1.35. The van der Waals surface area contributed by atoms with Gasteiger partial charge >= 0.3 is 6.03 Å². The van der Waals surface area contributed by atoms with E-state index in [0.29, 0.717) is 12.1 Å². The maximum Gasteiger partial charge on any atom is 0.326 e. The third-order valence-corrected chi connectivity index (χ3v) is 2.64. The molecule has 4 heteroatoms. The van der Waals surface area contributed by atoms with E-state index < -0.39 is 0 Å². The Balaban J connectivity index is 2.43. The third kappa shape index (κ3) is 2.06. The molecule has 1 aromatic carbocycles. The fourth-order valence-electron chi connectivity index (χ4n) is 1.79. The normalized spacial score (nSPS) is 10.4. The van der Waals surface area contributed by atoms with E-state index in [0.717, 1.165) is 23.6 Å². The second-order valence-corrected chi connectivity index (χ2v) is 3.82. The Hall–Kier alpha value is -2.10. The summed E-state index contributed by atoms with van der Waals surface area (Å²) in [5.74, 6) is 0. The number of nitrogens with one attached hydrogen (secondary N) is 1. The van der Waals surface area contributed by atoms with E-state index in [4.69, 9.17) is 0 Å². The molecular weight excluding hydrogens is 216 g/mol. The SMILES string of the molecule is CCCNC(=O)n1ccc2c(C=O)cccc21. The van der Waals surface area contributed by atoms with Crippen molar-refractivity contribution in [2.24, 2.45) is 0 Å². The second-order valence-electron chi connectivity index (χ2n) is 3.82. The summed E-state index contributed by atoms with van der Waals surface area (Å²) in [5, 5.41) is 3.60. The Kier molecular flexibility index (Phi) is 3.23. The number of aldehydes is 1. The maximum absolute atomic E-state index is 11.8. The number of nitrogens with zero attached hydrogens (tertiary/aromatic N) is 1. The number of fused-ring (bicyclic) bond motifs is 1. The van der Waals surface area contributed by atoms with Crippen LogP contribution in [0.15, 0.2) is 30.5 Å². The first-order chi connectivity index (χ1) is 8.27. The molecule has 0 aliphatic heterocycles. The molecule has 0 saturated heterocycles. The molecule has 0 fully saturated rings. The molecule has 0 aliphatic rings. The van der Waals surface area contributed by atoms with E-state index in [1.807, 2.05) is 13.0 Å². The Labute approximate surface area is 99.2 Å². The van der Waals surface area contributed by atoms with Crippen LogP contribution in [0.25, 0.3) is 10.9 Å². The molecule has 0 radical (unpaired) electrons. The van der Waals surface area contributed by atoms with Crippen LogP contribution in [0.5, 0.6) is 0 Å². The third-order valence-electron chi connectivity index (χ3n) is 2.64. The van der Waals surface area contributed by atoms with E-state index in [1.54, 1.807) is 24.4 Å². The van der Waals surface area contributed by atoms with E-state index in [2.05, 4.69) is 5.32 Å². The van der Waals surface area contributed by atoms with Crippen LogP contribution in [0.1, 0.15) is 23.7 Å². The number of carbonyl (C=O) groups is 2. The molecule has 1 amide bonds. The zero-order valence-electron chi connectivity index (χ0n) is 9.64. The quantitative estimate of drug-likeness (QED) is 0.823. The second kappa shape index (κ2) is 4.82. The average Bonchev–Trinajstić information content (AvgIpc) is 2.79. The molecule has 1 heterocycles. The van der Waals surface area contributed by atoms with Crippen molar-refractivity contribution in [3.05, 3.63) is 36.0 Å². The number of hydrogen-bond acceptors (Lipinski definition) is 2. The van der Waals surface area contributed by atoms with Gasteiger partial charge in [-0.25, -0.2) is 4.79 Å². The smallest absolute Gasteiger partial charge is 0.326 e. The van der Waals surface area contributed by atoms with E-state index in [1.165, 1.54) is 4.57 Å². The van der Waals surface area contributed by atoms with Gasteiger partial charge < -0.3 is 5.32 Å². The Morgan fingerprint density at radius 3 is 2.94 bits per heavy atom. The first kappa shape index (κ1) is 11.4. The van der Waals surface area contributed by atoms with Crippen molar-refractivity contribution >= 4 is 23.2 Å². The van der Waals surface area contributed by atoms with E-state index >= 15 is 0 Å². The van der Waals surface area contributed by atoms with Gasteiger partial charge in [0.25, 0.3) is 0 Å². The fraction of sp³-hybridized carbons (Fsp3) is 0.231. The van der Waals surface area contributed by atoms with Crippen molar-refractivity contribution in [1.82, 2.24) is 9.88 Å². The van der Waals surface area contributed by atoms with Crippen LogP contribution in [-0.4, -0.2) is 23.4 Å². The number of aromatic nitrogens is 1. The van der Waals surface area contributed by atoms with Crippen molar-refractivity contribution in [1.29, 1.82) is 0 Å². The minimum absolute atomic E-state index is 0.162. The molecule has 0 spiro atoms. The zero-order valence-corrected chi connectivity index (χ0v) is 9.64. The molecule has 0 saturated carbocycles. The summed E-state index contributed by atoms with van der Waals surface area (Å²) in [4.78, 5) is 22.7. The summed E-state index contributed by atoms with van der Waals surface area (Å²) in [7, 11) is 0. The average molecular weight is 230 g/mol. The highest BCUT2D eigenvalue weighted by Crippen LogP contribution is 2.18. The first-order valence-corrected chi connectivity index (χ1v) is 5.61. The Morgan fingerprint density at radius 2 is 2.24 bits per heavy atom. The number of hydrogen-bond donors (Lipinski definition) is 1. The lowest BCUT2D eigenvalue weighted by Gasteiger charge is -2.05. The monoisotopic (exact) mass is 230 g/mol. The largest absolute Gasteiger partial charge is 0.337 e. The summed E-state index contributed by atoms with van der Waals surface area (Å²) in [6.07, 6.45) is 3.38. The van der Waals surface area contributed by atoms with Gasteiger partial charge in [-0.05, 0) is 18.6 Å². The molecule has 0 bridgehead atoms. The number of rotatable bonds is 3. The lowest BCUT2D eigenvalue weighted by molar-refractivity contribution is 0.112. The lowest BCUT2D eigenvalue weighted by Crippen LogP contribution is -2.28. The molecule has 1 aromatic heterocycles. The van der Waals surface area contributed by atoms with Crippen LogP contribution in [-0.2, 0) is 0 Å². The zero-order chi connectivity index (χ0) is 12.3. The van der Waals surface area contributed by atoms with Gasteiger partial charge in [-0.3, -0.25) is 9.36 Å². The molecule has 2 rings (SSSR count). The summed E-state index contributed by atoms with van der Waals surface area (Å²) in [6.45, 7) is 2.64. The van der Waals surface area contributed by atoms with Crippen molar-refractivity contribution in [2.75, 3.05) is 6.54 Å². The molecule has 4 nitrogen and oxygen atoms in total. The molecule has 2 aromatic rings. The Morgan fingerprint density at radius 1 is 1.41 bits per heavy atom. The van der Waals surface area contributed by atoms with Crippen molar-refractivity contribution in [2.45, 2.75) is 13.3 Å². The summed E-state index contributed by atoms with van der Waals surface area (Å²) in [6, 6.07) is 6.96. The van der Waals surface area contributed by atoms with Crippen molar-refractivity contribution < 1.29 is 9.59 Å². The van der Waals surface area contributed by atoms with Crippen molar-refractivity contribution in [3.8, 4) is 0 Å². The van der Waals surface area contributed by atoms with Crippen molar-refractivity contribution in [3.63, 3.8) is 0 Å². The number of benzene rings is 1. The molecule has 88 valence electrons. The van der Waals surface area contributed by atoms with Gasteiger partial charge in [0.1, 0.15) is 0 Å².